The summed E-state index contributed by atoms with van der Waals surface area (Å²) < 4.78 is 14.5. The lowest BCUT2D eigenvalue weighted by Crippen LogP contribution is -2.19. The normalized spacial score (nSPS) is 10.8. The average molecular weight is 390 g/mol. The third-order valence-corrected chi connectivity index (χ3v) is 4.05. The van der Waals surface area contributed by atoms with Crippen molar-refractivity contribution in [1.29, 1.82) is 0 Å². The summed E-state index contributed by atoms with van der Waals surface area (Å²) >= 11 is 5.95. The summed E-state index contributed by atoms with van der Waals surface area (Å²) in [6, 6.07) is 6.56. The average Bonchev–Trinajstić information content (AvgIpc) is 2.95. The first kappa shape index (κ1) is 18.8. The summed E-state index contributed by atoms with van der Waals surface area (Å²) in [7, 11) is 0. The first-order chi connectivity index (χ1) is 12.9. The van der Waals surface area contributed by atoms with Crippen LogP contribution in [0.3, 0.4) is 0 Å². The third kappa shape index (κ3) is 4.22. The number of aryl methyl sites for hydroxylation is 2. The van der Waals surface area contributed by atoms with Gasteiger partial charge in [-0.05, 0) is 31.5 Å². The molecule has 0 aliphatic rings. The van der Waals surface area contributed by atoms with E-state index in [-0.39, 0.29) is 22.1 Å². The SMILES string of the molecule is CCCc1cc(=O)[nH]c(-n2nc(C)cc2NC(=O)c2ccc(F)cc2Cl)n1. The minimum Gasteiger partial charge on any atom is -0.306 e. The lowest BCUT2D eigenvalue weighted by atomic mass is 10.2. The van der Waals surface area contributed by atoms with Crippen LogP contribution < -0.4 is 10.9 Å². The highest BCUT2D eigenvalue weighted by molar-refractivity contribution is 6.34. The molecule has 3 rings (SSSR count). The smallest absolute Gasteiger partial charge is 0.258 e. The Morgan fingerprint density at radius 3 is 2.81 bits per heavy atom. The van der Waals surface area contributed by atoms with Crippen molar-refractivity contribution in [2.24, 2.45) is 0 Å². The molecule has 1 amide bonds. The predicted octanol–water partition coefficient (Wildman–Crippen LogP) is 3.26. The van der Waals surface area contributed by atoms with Crippen molar-refractivity contribution < 1.29 is 9.18 Å². The fourth-order valence-electron chi connectivity index (χ4n) is 2.59. The molecule has 0 radical (unpaired) electrons. The molecule has 0 unspecified atom stereocenters. The van der Waals surface area contributed by atoms with E-state index in [1.54, 1.807) is 13.0 Å². The number of carbonyl (C=O) groups excluding carboxylic acids is 1. The fraction of sp³-hybridized carbons (Fsp3) is 0.222. The Morgan fingerprint density at radius 1 is 1.33 bits per heavy atom. The number of carbonyl (C=O) groups is 1. The maximum Gasteiger partial charge on any atom is 0.258 e. The van der Waals surface area contributed by atoms with E-state index in [1.165, 1.54) is 16.8 Å². The molecule has 2 heterocycles. The Hall–Kier alpha value is -3.00. The summed E-state index contributed by atoms with van der Waals surface area (Å²) in [4.78, 5) is 31.5. The number of benzene rings is 1. The summed E-state index contributed by atoms with van der Waals surface area (Å²) in [5.74, 6) is -0.575. The highest BCUT2D eigenvalue weighted by Crippen LogP contribution is 2.20. The first-order valence-electron chi connectivity index (χ1n) is 8.31. The number of H-pyrrole nitrogens is 1. The van der Waals surface area contributed by atoms with Crippen LogP contribution in [0.5, 0.6) is 0 Å². The van der Waals surface area contributed by atoms with Gasteiger partial charge in [-0.25, -0.2) is 9.37 Å². The molecule has 3 aromatic rings. The number of aromatic nitrogens is 4. The van der Waals surface area contributed by atoms with Crippen LogP contribution >= 0.6 is 11.6 Å². The summed E-state index contributed by atoms with van der Waals surface area (Å²) in [5, 5.41) is 6.95. The maximum absolute atomic E-state index is 13.2. The summed E-state index contributed by atoms with van der Waals surface area (Å²) in [5.41, 5.74) is 1.04. The number of rotatable bonds is 5. The van der Waals surface area contributed by atoms with Gasteiger partial charge in [0.1, 0.15) is 11.6 Å². The number of anilines is 1. The van der Waals surface area contributed by atoms with Gasteiger partial charge in [0.05, 0.1) is 16.3 Å². The largest absolute Gasteiger partial charge is 0.306 e. The molecule has 27 heavy (non-hydrogen) atoms. The van der Waals surface area contributed by atoms with E-state index in [0.29, 0.717) is 23.6 Å². The third-order valence-electron chi connectivity index (χ3n) is 3.74. The molecule has 0 aliphatic heterocycles. The van der Waals surface area contributed by atoms with Gasteiger partial charge in [0.2, 0.25) is 5.95 Å². The van der Waals surface area contributed by atoms with E-state index in [9.17, 15) is 14.0 Å². The zero-order valence-corrected chi connectivity index (χ0v) is 15.5. The standard InChI is InChI=1S/C18H17ClFN5O2/c1-3-4-12-9-16(26)23-18(21-12)25-15(7-10(2)24-25)22-17(27)13-6-5-11(20)8-14(13)19/h5-9H,3-4H2,1-2H3,(H,22,27)(H,21,23,26). The Morgan fingerprint density at radius 2 is 2.11 bits per heavy atom. The van der Waals surface area contributed by atoms with Gasteiger partial charge in [0, 0.05) is 17.8 Å². The Bertz CT molecular complexity index is 1060. The summed E-state index contributed by atoms with van der Waals surface area (Å²) in [6.07, 6.45) is 1.48. The molecule has 0 fully saturated rings. The molecule has 0 aliphatic carbocycles. The monoisotopic (exact) mass is 389 g/mol. The van der Waals surface area contributed by atoms with Gasteiger partial charge in [0.25, 0.3) is 11.5 Å². The van der Waals surface area contributed by atoms with E-state index in [2.05, 4.69) is 20.4 Å². The van der Waals surface area contributed by atoms with Crippen LogP contribution in [-0.4, -0.2) is 25.7 Å². The van der Waals surface area contributed by atoms with Crippen molar-refractivity contribution >= 4 is 23.3 Å². The van der Waals surface area contributed by atoms with Gasteiger partial charge in [-0.2, -0.15) is 9.78 Å². The number of nitrogens with one attached hydrogen (secondary N) is 2. The predicted molar refractivity (Wildman–Crippen MR) is 100 cm³/mol. The van der Waals surface area contributed by atoms with Crippen molar-refractivity contribution in [3.05, 3.63) is 68.5 Å². The molecule has 0 saturated heterocycles. The van der Waals surface area contributed by atoms with Gasteiger partial charge in [0.15, 0.2) is 0 Å². The topological polar surface area (TPSA) is 92.7 Å². The second-order valence-electron chi connectivity index (χ2n) is 5.97. The van der Waals surface area contributed by atoms with E-state index in [4.69, 9.17) is 11.6 Å². The summed E-state index contributed by atoms with van der Waals surface area (Å²) in [6.45, 7) is 3.73. The van der Waals surface area contributed by atoms with Crippen molar-refractivity contribution in [1.82, 2.24) is 19.7 Å². The second kappa shape index (κ2) is 7.71. The van der Waals surface area contributed by atoms with Crippen molar-refractivity contribution in [3.8, 4) is 5.95 Å². The molecule has 1 aromatic carbocycles. The van der Waals surface area contributed by atoms with E-state index in [1.807, 2.05) is 6.92 Å². The van der Waals surface area contributed by atoms with Crippen molar-refractivity contribution in [2.45, 2.75) is 26.7 Å². The van der Waals surface area contributed by atoms with Gasteiger partial charge in [-0.15, -0.1) is 0 Å². The lowest BCUT2D eigenvalue weighted by Gasteiger charge is -2.10. The van der Waals surface area contributed by atoms with E-state index in [0.717, 1.165) is 18.6 Å². The number of hydrogen-bond donors (Lipinski definition) is 2. The van der Waals surface area contributed by atoms with E-state index >= 15 is 0 Å². The molecule has 0 saturated carbocycles. The highest BCUT2D eigenvalue weighted by atomic mass is 35.5. The maximum atomic E-state index is 13.2. The van der Waals surface area contributed by atoms with Crippen LogP contribution in [0.25, 0.3) is 5.95 Å². The highest BCUT2D eigenvalue weighted by Gasteiger charge is 2.16. The Labute approximate surface area is 159 Å². The van der Waals surface area contributed by atoms with Crippen LogP contribution in [0.15, 0.2) is 35.1 Å². The van der Waals surface area contributed by atoms with Gasteiger partial charge < -0.3 is 5.32 Å². The van der Waals surface area contributed by atoms with Crippen LogP contribution in [0.4, 0.5) is 10.2 Å². The Kier molecular flexibility index (Phi) is 5.36. The van der Waals surface area contributed by atoms with Crippen molar-refractivity contribution in [2.75, 3.05) is 5.32 Å². The molecule has 9 heteroatoms. The zero-order chi connectivity index (χ0) is 19.6. The number of nitrogens with zero attached hydrogens (tertiary/aromatic N) is 3. The molecule has 2 aromatic heterocycles. The lowest BCUT2D eigenvalue weighted by molar-refractivity contribution is 0.102. The first-order valence-corrected chi connectivity index (χ1v) is 8.69. The minimum absolute atomic E-state index is 0.00763. The number of halogens is 2. The van der Waals surface area contributed by atoms with Crippen LogP contribution in [-0.2, 0) is 6.42 Å². The van der Waals surface area contributed by atoms with Gasteiger partial charge in [-0.1, -0.05) is 24.9 Å². The molecule has 140 valence electrons. The molecular weight excluding hydrogens is 373 g/mol. The molecule has 2 N–H and O–H groups in total. The van der Waals surface area contributed by atoms with Gasteiger partial charge in [-0.3, -0.25) is 14.6 Å². The Balaban J connectivity index is 1.97. The molecular formula is C18H17ClFN5O2. The molecule has 7 nitrogen and oxygen atoms in total. The van der Waals surface area contributed by atoms with Crippen molar-refractivity contribution in [3.63, 3.8) is 0 Å². The zero-order valence-electron chi connectivity index (χ0n) is 14.7. The number of amides is 1. The van der Waals surface area contributed by atoms with Gasteiger partial charge >= 0.3 is 0 Å². The van der Waals surface area contributed by atoms with Crippen LogP contribution in [0.2, 0.25) is 5.02 Å². The number of hydrogen-bond acceptors (Lipinski definition) is 4. The van der Waals surface area contributed by atoms with Crippen LogP contribution in [0, 0.1) is 12.7 Å². The molecule has 0 spiro atoms. The molecule has 0 bridgehead atoms. The van der Waals surface area contributed by atoms with E-state index < -0.39 is 11.7 Å². The fourth-order valence-corrected chi connectivity index (χ4v) is 2.84. The second-order valence-corrected chi connectivity index (χ2v) is 6.38. The molecule has 0 atom stereocenters. The number of aromatic amines is 1. The quantitative estimate of drug-likeness (QED) is 0.700. The van der Waals surface area contributed by atoms with Crippen LogP contribution in [0.1, 0.15) is 35.1 Å². The minimum atomic E-state index is -0.535.